The number of hydrogen-bond acceptors (Lipinski definition) is 8. The van der Waals surface area contributed by atoms with Crippen LogP contribution in [0.2, 0.25) is 0 Å². The molecule has 0 aliphatic carbocycles. The number of carbonyl (C=O) groups excluding carboxylic acids is 1. The number of hydrogen-bond donors (Lipinski definition) is 2. The van der Waals surface area contributed by atoms with Gasteiger partial charge in [0.1, 0.15) is 27.7 Å². The van der Waals surface area contributed by atoms with Gasteiger partial charge in [0.05, 0.1) is 31.4 Å². The number of aliphatic hydroxyl groups is 1. The lowest BCUT2D eigenvalue weighted by Crippen LogP contribution is -2.47. The molecule has 1 aromatic carbocycles. The molecule has 190 valence electrons. The number of thiophene rings is 1. The van der Waals surface area contributed by atoms with Crippen molar-refractivity contribution < 1.29 is 14.6 Å². The maximum atomic E-state index is 13.7. The van der Waals surface area contributed by atoms with E-state index in [0.29, 0.717) is 26.7 Å². The smallest absolute Gasteiger partial charge is 0.332 e. The highest BCUT2D eigenvalue weighted by Gasteiger charge is 2.28. The zero-order valence-electron chi connectivity index (χ0n) is 20.6. The predicted molar refractivity (Wildman–Crippen MR) is 136 cm³/mol. The molecular weight excluding hydrogens is 484 g/mol. The summed E-state index contributed by atoms with van der Waals surface area (Å²) in [6.45, 7) is 6.68. The number of fused-ring (bicyclic) bond motifs is 1. The van der Waals surface area contributed by atoms with Crippen LogP contribution in [0.25, 0.3) is 15.2 Å². The summed E-state index contributed by atoms with van der Waals surface area (Å²) in [7, 11) is 1.50. The number of aliphatic hydroxyl groups excluding tert-OH is 1. The average Bonchev–Trinajstić information content (AvgIpc) is 3.49. The highest BCUT2D eigenvalue weighted by atomic mass is 32.1. The van der Waals surface area contributed by atoms with Crippen LogP contribution in [0.5, 0.6) is 5.75 Å². The monoisotopic (exact) mass is 512 g/mol. The number of nitrogens with one attached hydrogen (secondary N) is 1. The van der Waals surface area contributed by atoms with Crippen molar-refractivity contribution >= 4 is 27.5 Å². The van der Waals surface area contributed by atoms with Crippen LogP contribution >= 0.6 is 11.3 Å². The summed E-state index contributed by atoms with van der Waals surface area (Å²) >= 11 is 1.17. The Hall–Kier alpha value is -3.77. The van der Waals surface area contributed by atoms with Crippen LogP contribution < -0.4 is 21.3 Å². The summed E-state index contributed by atoms with van der Waals surface area (Å²) in [4.78, 5) is 41.9. The molecule has 0 saturated heterocycles. The molecule has 36 heavy (non-hydrogen) atoms. The minimum atomic E-state index is -1.12. The van der Waals surface area contributed by atoms with Gasteiger partial charge in [0, 0.05) is 17.2 Å². The van der Waals surface area contributed by atoms with Crippen LogP contribution in [0.3, 0.4) is 0 Å². The van der Waals surface area contributed by atoms with Crippen molar-refractivity contribution in [3.05, 3.63) is 68.6 Å². The van der Waals surface area contributed by atoms with Gasteiger partial charge in [-0.1, -0.05) is 29.5 Å². The molecule has 2 atom stereocenters. The van der Waals surface area contributed by atoms with Crippen molar-refractivity contribution in [2.45, 2.75) is 52.4 Å². The van der Waals surface area contributed by atoms with E-state index < -0.39 is 29.3 Å². The number of benzene rings is 1. The molecule has 2 N–H and O–H groups in total. The molecule has 0 bridgehead atoms. The number of rotatable bonds is 8. The summed E-state index contributed by atoms with van der Waals surface area (Å²) in [5.41, 5.74) is -0.224. The Bertz CT molecular complexity index is 1520. The van der Waals surface area contributed by atoms with Gasteiger partial charge in [0.2, 0.25) is 5.91 Å². The van der Waals surface area contributed by atoms with Gasteiger partial charge in [0.15, 0.2) is 0 Å². The number of aryl methyl sites for hydroxylation is 1. The van der Waals surface area contributed by atoms with Gasteiger partial charge in [-0.25, -0.2) is 9.36 Å². The van der Waals surface area contributed by atoms with Gasteiger partial charge in [0.25, 0.3) is 5.56 Å². The molecule has 3 aromatic heterocycles. The van der Waals surface area contributed by atoms with E-state index in [2.05, 4.69) is 15.5 Å². The van der Waals surface area contributed by atoms with Gasteiger partial charge < -0.3 is 15.2 Å². The maximum absolute atomic E-state index is 13.7. The molecular formula is C24H28N6O5S. The number of aromatic nitrogens is 5. The SMILES string of the molecule is COc1ccccc1[C@@H](O)Cn1c(=O)n(C(C)C(=O)NC(C)C)c(=O)c2c(C)c(-n3nccn3)sc21. The lowest BCUT2D eigenvalue weighted by atomic mass is 10.1. The molecule has 4 aromatic rings. The van der Waals surface area contributed by atoms with Gasteiger partial charge in [-0.15, -0.1) is 4.80 Å². The third-order valence-electron chi connectivity index (χ3n) is 5.87. The van der Waals surface area contributed by atoms with Crippen molar-refractivity contribution in [3.8, 4) is 10.8 Å². The summed E-state index contributed by atoms with van der Waals surface area (Å²) in [6, 6.07) is 5.72. The molecule has 0 radical (unpaired) electrons. The molecule has 1 amide bonds. The molecule has 3 heterocycles. The minimum absolute atomic E-state index is 0.166. The van der Waals surface area contributed by atoms with E-state index in [-0.39, 0.29) is 18.0 Å². The van der Waals surface area contributed by atoms with Crippen molar-refractivity contribution in [1.29, 1.82) is 0 Å². The first-order valence-corrected chi connectivity index (χ1v) is 12.2. The van der Waals surface area contributed by atoms with E-state index in [1.165, 1.54) is 47.1 Å². The average molecular weight is 513 g/mol. The second-order valence-electron chi connectivity index (χ2n) is 8.70. The third kappa shape index (κ3) is 4.44. The van der Waals surface area contributed by atoms with E-state index >= 15 is 0 Å². The van der Waals surface area contributed by atoms with Crippen LogP contribution in [-0.2, 0) is 11.3 Å². The molecule has 0 aliphatic heterocycles. The summed E-state index contributed by atoms with van der Waals surface area (Å²) in [5.74, 6) is 0.0123. The van der Waals surface area contributed by atoms with E-state index in [1.807, 2.05) is 0 Å². The Balaban J connectivity index is 1.96. The van der Waals surface area contributed by atoms with E-state index in [9.17, 15) is 19.5 Å². The zero-order valence-corrected chi connectivity index (χ0v) is 21.4. The van der Waals surface area contributed by atoms with Crippen molar-refractivity contribution in [1.82, 2.24) is 29.4 Å². The standard InChI is InChI=1S/C24H28N6O5S/c1-13(2)27-20(32)15(4)29-21(33)19-14(3)22(30-25-10-11-26-30)36-23(19)28(24(29)34)12-17(31)16-8-6-7-9-18(16)35-5/h6-11,13,15,17,31H,12H2,1-5H3,(H,27,32)/t15?,17-/m0/s1. The fourth-order valence-corrected chi connectivity index (χ4v) is 5.32. The van der Waals surface area contributed by atoms with Crippen LogP contribution in [0.4, 0.5) is 0 Å². The van der Waals surface area contributed by atoms with Gasteiger partial charge in [-0.3, -0.25) is 14.2 Å². The van der Waals surface area contributed by atoms with Crippen LogP contribution in [0, 0.1) is 6.92 Å². The number of methoxy groups -OCH3 is 1. The molecule has 4 rings (SSSR count). The molecule has 0 aliphatic rings. The second-order valence-corrected chi connectivity index (χ2v) is 9.67. The van der Waals surface area contributed by atoms with Crippen LogP contribution in [-0.4, -0.2) is 48.3 Å². The predicted octanol–water partition coefficient (Wildman–Crippen LogP) is 1.94. The number of para-hydroxylation sites is 1. The summed E-state index contributed by atoms with van der Waals surface area (Å²) in [5, 5.41) is 23.0. The van der Waals surface area contributed by atoms with Crippen molar-refractivity contribution in [3.63, 3.8) is 0 Å². The highest BCUT2D eigenvalue weighted by molar-refractivity contribution is 7.21. The highest BCUT2D eigenvalue weighted by Crippen LogP contribution is 2.32. The third-order valence-corrected chi connectivity index (χ3v) is 7.15. The summed E-state index contributed by atoms with van der Waals surface area (Å²) in [6.07, 6.45) is 1.90. The van der Waals surface area contributed by atoms with Crippen LogP contribution in [0.1, 0.15) is 44.0 Å². The Morgan fingerprint density at radius 3 is 2.47 bits per heavy atom. The fraction of sp³-hybridized carbons (Fsp3) is 0.375. The van der Waals surface area contributed by atoms with Crippen molar-refractivity contribution in [2.24, 2.45) is 0 Å². The fourth-order valence-electron chi connectivity index (χ4n) is 4.10. The van der Waals surface area contributed by atoms with Gasteiger partial charge in [-0.05, 0) is 33.8 Å². The Morgan fingerprint density at radius 2 is 1.83 bits per heavy atom. The quantitative estimate of drug-likeness (QED) is 0.369. The minimum Gasteiger partial charge on any atom is -0.496 e. The molecule has 0 saturated carbocycles. The zero-order chi connectivity index (χ0) is 26.1. The molecule has 1 unspecified atom stereocenters. The first-order valence-electron chi connectivity index (χ1n) is 11.4. The number of nitrogens with zero attached hydrogens (tertiary/aromatic N) is 5. The lowest BCUT2D eigenvalue weighted by Gasteiger charge is -2.20. The maximum Gasteiger partial charge on any atom is 0.332 e. The largest absolute Gasteiger partial charge is 0.496 e. The summed E-state index contributed by atoms with van der Waals surface area (Å²) < 4.78 is 7.64. The topological polar surface area (TPSA) is 133 Å². The van der Waals surface area contributed by atoms with Gasteiger partial charge >= 0.3 is 5.69 Å². The number of carbonyl (C=O) groups is 1. The lowest BCUT2D eigenvalue weighted by molar-refractivity contribution is -0.124. The van der Waals surface area contributed by atoms with E-state index in [1.54, 1.807) is 45.0 Å². The molecule has 0 fully saturated rings. The molecule has 0 spiro atoms. The number of amides is 1. The van der Waals surface area contributed by atoms with Crippen molar-refractivity contribution in [2.75, 3.05) is 7.11 Å². The van der Waals surface area contributed by atoms with E-state index in [4.69, 9.17) is 4.74 Å². The molecule has 11 nitrogen and oxygen atoms in total. The first-order chi connectivity index (χ1) is 17.1. The number of ether oxygens (including phenoxy) is 1. The Kier molecular flexibility index (Phi) is 7.09. The van der Waals surface area contributed by atoms with Crippen LogP contribution in [0.15, 0.2) is 46.2 Å². The molecule has 12 heteroatoms. The first kappa shape index (κ1) is 25.3. The Labute approximate surface area is 210 Å². The Morgan fingerprint density at radius 1 is 1.17 bits per heavy atom. The van der Waals surface area contributed by atoms with E-state index in [0.717, 1.165) is 4.57 Å². The normalized spacial score (nSPS) is 13.2. The van der Waals surface area contributed by atoms with Gasteiger partial charge in [-0.2, -0.15) is 10.2 Å². The second kappa shape index (κ2) is 10.1.